The van der Waals surface area contributed by atoms with Gasteiger partial charge >= 0.3 is 0 Å². The average Bonchev–Trinajstić information content (AvgIpc) is 2.77. The smallest absolute Gasteiger partial charge is 0.287 e. The van der Waals surface area contributed by atoms with Gasteiger partial charge in [-0.2, -0.15) is 0 Å². The van der Waals surface area contributed by atoms with Gasteiger partial charge in [0.1, 0.15) is 12.0 Å². The van der Waals surface area contributed by atoms with Crippen LogP contribution in [0.5, 0.6) is 11.5 Å². The second kappa shape index (κ2) is 9.22. The second-order valence-electron chi connectivity index (χ2n) is 6.69. The van der Waals surface area contributed by atoms with Gasteiger partial charge in [-0.15, -0.1) is 0 Å². The molecule has 0 saturated carbocycles. The van der Waals surface area contributed by atoms with Gasteiger partial charge in [0.2, 0.25) is 5.91 Å². The lowest BCUT2D eigenvalue weighted by Gasteiger charge is -2.35. The Hall–Kier alpha value is -3.36. The summed E-state index contributed by atoms with van der Waals surface area (Å²) < 4.78 is 10.5. The summed E-state index contributed by atoms with van der Waals surface area (Å²) in [4.78, 5) is 30.9. The predicted octanol–water partition coefficient (Wildman–Crippen LogP) is 2.29. The first-order valence-electron chi connectivity index (χ1n) is 9.36. The largest absolute Gasteiger partial charge is 0.493 e. The Balaban J connectivity index is 1.50. The predicted molar refractivity (Wildman–Crippen MR) is 108 cm³/mol. The van der Waals surface area contributed by atoms with Gasteiger partial charge in [0.15, 0.2) is 11.5 Å². The number of rotatable bonds is 7. The fourth-order valence-corrected chi connectivity index (χ4v) is 3.30. The molecule has 9 nitrogen and oxygen atoms in total. The third kappa shape index (κ3) is 4.92. The van der Waals surface area contributed by atoms with Crippen molar-refractivity contribution in [3.05, 3.63) is 52.2 Å². The molecular weight excluding hydrogens is 376 g/mol. The summed E-state index contributed by atoms with van der Waals surface area (Å²) in [6, 6.07) is 8.77. The van der Waals surface area contributed by atoms with Crippen molar-refractivity contribution < 1.29 is 19.2 Å². The van der Waals surface area contributed by atoms with Crippen molar-refractivity contribution in [1.29, 1.82) is 0 Å². The van der Waals surface area contributed by atoms with Gasteiger partial charge in [-0.3, -0.25) is 14.9 Å². The molecule has 1 aromatic carbocycles. The lowest BCUT2D eigenvalue weighted by atomic mass is 10.1. The monoisotopic (exact) mass is 400 g/mol. The summed E-state index contributed by atoms with van der Waals surface area (Å²) >= 11 is 0. The first-order valence-corrected chi connectivity index (χ1v) is 9.36. The number of pyridine rings is 1. The van der Waals surface area contributed by atoms with Gasteiger partial charge in [-0.1, -0.05) is 6.07 Å². The summed E-state index contributed by atoms with van der Waals surface area (Å²) in [5.74, 6) is 2.12. The standard InChI is InChI=1S/C20H24N4O5/c1-28-17-6-3-15(13-18(17)29-2)4-8-20(25)23-11-9-22(10-12-23)19-7-5-16(14-21-19)24(26)27/h3,5-7,13-14H,4,8-12H2,1-2H3. The van der Waals surface area contributed by atoms with E-state index >= 15 is 0 Å². The minimum Gasteiger partial charge on any atom is -0.493 e. The molecule has 9 heteroatoms. The molecule has 0 unspecified atom stereocenters. The number of hydrogen-bond acceptors (Lipinski definition) is 7. The molecule has 0 bridgehead atoms. The molecule has 1 aromatic heterocycles. The lowest BCUT2D eigenvalue weighted by Crippen LogP contribution is -2.49. The van der Waals surface area contributed by atoms with Gasteiger partial charge in [0.25, 0.3) is 5.69 Å². The molecule has 3 rings (SSSR count). The molecule has 0 radical (unpaired) electrons. The van der Waals surface area contributed by atoms with Crippen LogP contribution in [0.2, 0.25) is 0 Å². The van der Waals surface area contributed by atoms with Crippen LogP contribution >= 0.6 is 0 Å². The zero-order valence-corrected chi connectivity index (χ0v) is 16.5. The summed E-state index contributed by atoms with van der Waals surface area (Å²) in [7, 11) is 3.18. The molecule has 2 aromatic rings. The van der Waals surface area contributed by atoms with Crippen molar-refractivity contribution >= 4 is 17.4 Å². The average molecular weight is 400 g/mol. The fraction of sp³-hybridized carbons (Fsp3) is 0.400. The Morgan fingerprint density at radius 1 is 1.10 bits per heavy atom. The van der Waals surface area contributed by atoms with E-state index in [2.05, 4.69) is 4.98 Å². The number of carbonyl (C=O) groups is 1. The van der Waals surface area contributed by atoms with Crippen molar-refractivity contribution in [3.8, 4) is 11.5 Å². The highest BCUT2D eigenvalue weighted by atomic mass is 16.6. The Morgan fingerprint density at radius 3 is 2.41 bits per heavy atom. The topological polar surface area (TPSA) is 98.0 Å². The number of carbonyl (C=O) groups excluding carboxylic acids is 1. The molecule has 2 heterocycles. The maximum atomic E-state index is 12.6. The molecule has 1 amide bonds. The lowest BCUT2D eigenvalue weighted by molar-refractivity contribution is -0.385. The van der Waals surface area contributed by atoms with Crippen molar-refractivity contribution in [2.45, 2.75) is 12.8 Å². The number of hydrogen-bond donors (Lipinski definition) is 0. The third-order valence-electron chi connectivity index (χ3n) is 4.97. The number of nitrogens with zero attached hydrogens (tertiary/aromatic N) is 4. The highest BCUT2D eigenvalue weighted by Crippen LogP contribution is 2.28. The van der Waals surface area contributed by atoms with E-state index < -0.39 is 4.92 Å². The maximum Gasteiger partial charge on any atom is 0.287 e. The van der Waals surface area contributed by atoms with Crippen LogP contribution in [0.3, 0.4) is 0 Å². The molecule has 0 spiro atoms. The Labute approximate surface area is 169 Å². The highest BCUT2D eigenvalue weighted by molar-refractivity contribution is 5.76. The second-order valence-corrected chi connectivity index (χ2v) is 6.69. The SMILES string of the molecule is COc1ccc(CCC(=O)N2CCN(c3ccc([N+](=O)[O-])cn3)CC2)cc1OC. The van der Waals surface area contributed by atoms with Crippen molar-refractivity contribution in [2.24, 2.45) is 0 Å². The number of amides is 1. The van der Waals surface area contributed by atoms with E-state index in [9.17, 15) is 14.9 Å². The molecule has 0 atom stereocenters. The van der Waals surface area contributed by atoms with E-state index in [-0.39, 0.29) is 11.6 Å². The molecule has 0 aliphatic carbocycles. The highest BCUT2D eigenvalue weighted by Gasteiger charge is 2.22. The van der Waals surface area contributed by atoms with Crippen LogP contribution in [0.25, 0.3) is 0 Å². The maximum absolute atomic E-state index is 12.6. The molecule has 154 valence electrons. The number of nitro groups is 1. The minimum atomic E-state index is -0.466. The van der Waals surface area contributed by atoms with Crippen LogP contribution in [0.1, 0.15) is 12.0 Å². The molecule has 1 saturated heterocycles. The Morgan fingerprint density at radius 2 is 1.83 bits per heavy atom. The van der Waals surface area contributed by atoms with Gasteiger partial charge in [0, 0.05) is 38.7 Å². The minimum absolute atomic E-state index is 0.0299. The van der Waals surface area contributed by atoms with Crippen molar-refractivity contribution in [3.63, 3.8) is 0 Å². The molecule has 1 aliphatic heterocycles. The van der Waals surface area contributed by atoms with E-state index in [0.717, 1.165) is 5.56 Å². The Bertz CT molecular complexity index is 864. The molecular formula is C20H24N4O5. The summed E-state index contributed by atoms with van der Waals surface area (Å²) in [6.45, 7) is 2.49. The molecule has 29 heavy (non-hydrogen) atoms. The summed E-state index contributed by atoms with van der Waals surface area (Å²) in [6.07, 6.45) is 2.31. The molecule has 1 aliphatic rings. The van der Waals surface area contributed by atoms with Gasteiger partial charge < -0.3 is 19.3 Å². The zero-order valence-electron chi connectivity index (χ0n) is 16.5. The first-order chi connectivity index (χ1) is 14.0. The fourth-order valence-electron chi connectivity index (χ4n) is 3.30. The zero-order chi connectivity index (χ0) is 20.8. The normalized spacial score (nSPS) is 13.9. The number of benzene rings is 1. The Kier molecular flexibility index (Phi) is 6.48. The summed E-state index contributed by atoms with van der Waals surface area (Å²) in [5, 5.41) is 10.7. The van der Waals surface area contributed by atoms with Gasteiger partial charge in [0.05, 0.1) is 19.1 Å². The van der Waals surface area contributed by atoms with Gasteiger partial charge in [-0.05, 0) is 30.2 Å². The van der Waals surface area contributed by atoms with Crippen LogP contribution in [-0.2, 0) is 11.2 Å². The molecule has 1 fully saturated rings. The number of methoxy groups -OCH3 is 2. The van der Waals surface area contributed by atoms with E-state index in [1.54, 1.807) is 20.3 Å². The van der Waals surface area contributed by atoms with Crippen LogP contribution in [0.15, 0.2) is 36.5 Å². The van der Waals surface area contributed by atoms with Crippen LogP contribution in [-0.4, -0.2) is 61.1 Å². The van der Waals surface area contributed by atoms with E-state index in [0.29, 0.717) is 56.3 Å². The number of aryl methyl sites for hydroxylation is 1. The van der Waals surface area contributed by atoms with Crippen LogP contribution < -0.4 is 14.4 Å². The van der Waals surface area contributed by atoms with Crippen LogP contribution in [0, 0.1) is 10.1 Å². The van der Waals surface area contributed by atoms with Gasteiger partial charge in [-0.25, -0.2) is 4.98 Å². The number of anilines is 1. The van der Waals surface area contributed by atoms with E-state index in [4.69, 9.17) is 9.47 Å². The van der Waals surface area contributed by atoms with E-state index in [1.807, 2.05) is 28.0 Å². The number of piperazine rings is 1. The molecule has 0 N–H and O–H groups in total. The van der Waals surface area contributed by atoms with Crippen molar-refractivity contribution in [1.82, 2.24) is 9.88 Å². The number of aromatic nitrogens is 1. The first kappa shape index (κ1) is 20.4. The van der Waals surface area contributed by atoms with Crippen molar-refractivity contribution in [2.75, 3.05) is 45.3 Å². The number of ether oxygens (including phenoxy) is 2. The quantitative estimate of drug-likeness (QED) is 0.519. The third-order valence-corrected chi connectivity index (χ3v) is 4.97. The van der Waals surface area contributed by atoms with E-state index in [1.165, 1.54) is 12.3 Å². The van der Waals surface area contributed by atoms with Crippen LogP contribution in [0.4, 0.5) is 11.5 Å². The summed E-state index contributed by atoms with van der Waals surface area (Å²) in [5.41, 5.74) is 0.988.